The van der Waals surface area contributed by atoms with E-state index in [1.165, 1.54) is 6.07 Å². The second-order valence-electron chi connectivity index (χ2n) is 5.77. The summed E-state index contributed by atoms with van der Waals surface area (Å²) in [6.07, 6.45) is 3.63. The van der Waals surface area contributed by atoms with Gasteiger partial charge < -0.3 is 4.74 Å². The molecule has 1 aliphatic heterocycles. The highest BCUT2D eigenvalue weighted by Crippen LogP contribution is 2.48. The van der Waals surface area contributed by atoms with Crippen LogP contribution >= 0.6 is 0 Å². The van der Waals surface area contributed by atoms with Gasteiger partial charge in [-0.25, -0.2) is 0 Å². The van der Waals surface area contributed by atoms with Crippen LogP contribution in [0.25, 0.3) is 6.08 Å². The number of carbonyl (C=O) groups excluding carboxylic acids is 1. The normalized spacial score (nSPS) is 25.0. The lowest BCUT2D eigenvalue weighted by atomic mass is 9.99. The van der Waals surface area contributed by atoms with Gasteiger partial charge in [0.25, 0.3) is 5.69 Å². The second kappa shape index (κ2) is 4.86. The summed E-state index contributed by atoms with van der Waals surface area (Å²) in [6.45, 7) is 0. The van der Waals surface area contributed by atoms with E-state index in [2.05, 4.69) is 0 Å². The van der Waals surface area contributed by atoms with Crippen LogP contribution < -0.4 is 0 Å². The number of ketones is 1. The zero-order valence-electron chi connectivity index (χ0n) is 12.1. The van der Waals surface area contributed by atoms with Gasteiger partial charge in [0.05, 0.1) is 10.5 Å². The highest BCUT2D eigenvalue weighted by molar-refractivity contribution is 6.09. The molecule has 0 unspecified atom stereocenters. The van der Waals surface area contributed by atoms with Gasteiger partial charge in [-0.1, -0.05) is 42.5 Å². The van der Waals surface area contributed by atoms with Crippen molar-refractivity contribution in [3.05, 3.63) is 81.4 Å². The Labute approximate surface area is 132 Å². The quantitative estimate of drug-likeness (QED) is 0.496. The van der Waals surface area contributed by atoms with Crippen LogP contribution in [0.3, 0.4) is 0 Å². The number of benzene rings is 2. The molecule has 2 atom stereocenters. The largest absolute Gasteiger partial charge is 0.352 e. The Bertz CT molecular complexity index is 858. The van der Waals surface area contributed by atoms with Crippen molar-refractivity contribution >= 4 is 17.5 Å². The van der Waals surface area contributed by atoms with Gasteiger partial charge in [-0.2, -0.15) is 0 Å². The third kappa shape index (κ3) is 2.09. The number of nitro benzene ring substituents is 1. The molecule has 5 nitrogen and oxygen atoms in total. The van der Waals surface area contributed by atoms with Crippen LogP contribution in [0.1, 0.15) is 21.5 Å². The fourth-order valence-corrected chi connectivity index (χ4v) is 3.19. The number of hydrogen-bond donors (Lipinski definition) is 0. The van der Waals surface area contributed by atoms with Crippen LogP contribution in [-0.2, 0) is 11.2 Å². The second-order valence-corrected chi connectivity index (χ2v) is 5.77. The summed E-state index contributed by atoms with van der Waals surface area (Å²) < 4.78 is 5.68. The molecular weight excluding hydrogens is 294 g/mol. The van der Waals surface area contributed by atoms with Gasteiger partial charge in [0, 0.05) is 18.1 Å². The smallest absolute Gasteiger partial charge is 0.276 e. The van der Waals surface area contributed by atoms with Crippen LogP contribution in [0.15, 0.2) is 54.6 Å². The number of epoxide rings is 1. The van der Waals surface area contributed by atoms with Crippen molar-refractivity contribution in [1.82, 2.24) is 0 Å². The molecule has 1 heterocycles. The molecule has 0 aromatic heterocycles. The Hall–Kier alpha value is -2.79. The monoisotopic (exact) mass is 307 g/mol. The van der Waals surface area contributed by atoms with E-state index >= 15 is 0 Å². The van der Waals surface area contributed by atoms with E-state index < -0.39 is 10.5 Å². The van der Waals surface area contributed by atoms with Crippen molar-refractivity contribution in [2.75, 3.05) is 0 Å². The lowest BCUT2D eigenvalue weighted by molar-refractivity contribution is -0.385. The summed E-state index contributed by atoms with van der Waals surface area (Å²) in [4.78, 5) is 23.1. The standard InChI is InChI=1S/C18H13NO4/c20-17-14-7-3-1-6-13(14)11-18(17)16(23-18)10-9-12-5-2-4-8-15(12)19(21)22/h1-10,16H,11H2/b10-9+/t16-,18+/m0/s1. The summed E-state index contributed by atoms with van der Waals surface area (Å²) in [7, 11) is 0. The number of nitrogens with zero attached hydrogens (tertiary/aromatic N) is 1. The van der Waals surface area contributed by atoms with Gasteiger partial charge >= 0.3 is 0 Å². The first-order chi connectivity index (χ1) is 11.1. The molecule has 0 N–H and O–H groups in total. The van der Waals surface area contributed by atoms with Crippen LogP contribution in [-0.4, -0.2) is 22.4 Å². The summed E-state index contributed by atoms with van der Waals surface area (Å²) in [6, 6.07) is 14.0. The van der Waals surface area contributed by atoms with Gasteiger partial charge in [0.2, 0.25) is 0 Å². The minimum atomic E-state index is -0.802. The zero-order valence-corrected chi connectivity index (χ0v) is 12.1. The molecule has 1 spiro atoms. The Morgan fingerprint density at radius 1 is 1.17 bits per heavy atom. The Morgan fingerprint density at radius 2 is 1.91 bits per heavy atom. The van der Waals surface area contributed by atoms with Crippen molar-refractivity contribution in [3.63, 3.8) is 0 Å². The van der Waals surface area contributed by atoms with E-state index in [9.17, 15) is 14.9 Å². The van der Waals surface area contributed by atoms with Gasteiger partial charge in [-0.3, -0.25) is 14.9 Å². The molecular formula is C18H13NO4. The van der Waals surface area contributed by atoms with Crippen LogP contribution in [0.2, 0.25) is 0 Å². The highest BCUT2D eigenvalue weighted by atomic mass is 16.6. The maximum Gasteiger partial charge on any atom is 0.276 e. The molecule has 4 rings (SSSR count). The number of para-hydroxylation sites is 1. The molecule has 0 amide bonds. The van der Waals surface area contributed by atoms with Crippen molar-refractivity contribution in [2.24, 2.45) is 0 Å². The molecule has 2 aromatic carbocycles. The third-order valence-electron chi connectivity index (χ3n) is 4.42. The minimum absolute atomic E-state index is 0.00492. The Kier molecular flexibility index (Phi) is 2.92. The summed E-state index contributed by atoms with van der Waals surface area (Å²) in [5.74, 6) is 0.00492. The SMILES string of the molecule is O=C1c2ccccc2C[C@]12O[C@H]2/C=C/c1ccccc1[N+](=O)[O-]. The highest BCUT2D eigenvalue weighted by Gasteiger charge is 2.64. The molecule has 2 aliphatic rings. The van der Waals surface area contributed by atoms with Gasteiger partial charge in [0.1, 0.15) is 6.10 Å². The molecule has 1 saturated heterocycles. The molecule has 1 fully saturated rings. The van der Waals surface area contributed by atoms with Crippen molar-refractivity contribution in [3.8, 4) is 0 Å². The number of fused-ring (bicyclic) bond motifs is 1. The average molecular weight is 307 g/mol. The van der Waals surface area contributed by atoms with Gasteiger partial charge in [0.15, 0.2) is 11.4 Å². The van der Waals surface area contributed by atoms with Gasteiger partial charge in [-0.15, -0.1) is 0 Å². The molecule has 0 saturated carbocycles. The number of Topliss-reactive ketones (excluding diaryl/α,β-unsaturated/α-hetero) is 1. The molecule has 1 aliphatic carbocycles. The number of rotatable bonds is 3. The van der Waals surface area contributed by atoms with Crippen molar-refractivity contribution in [1.29, 1.82) is 0 Å². The van der Waals surface area contributed by atoms with Gasteiger partial charge in [-0.05, 0) is 17.7 Å². The fraction of sp³-hybridized carbons (Fsp3) is 0.167. The lowest BCUT2D eigenvalue weighted by Gasteiger charge is -1.98. The third-order valence-corrected chi connectivity index (χ3v) is 4.42. The predicted molar refractivity (Wildman–Crippen MR) is 84.2 cm³/mol. The predicted octanol–water partition coefficient (Wildman–Crippen LogP) is 3.18. The molecule has 23 heavy (non-hydrogen) atoms. The van der Waals surface area contributed by atoms with E-state index in [1.807, 2.05) is 24.3 Å². The molecule has 5 heteroatoms. The lowest BCUT2D eigenvalue weighted by Crippen LogP contribution is -2.22. The van der Waals surface area contributed by atoms with Crippen molar-refractivity contribution in [2.45, 2.75) is 18.1 Å². The van der Waals surface area contributed by atoms with E-state index in [4.69, 9.17) is 4.74 Å². The van der Waals surface area contributed by atoms with Crippen LogP contribution in [0.4, 0.5) is 5.69 Å². The average Bonchev–Trinajstić information content (AvgIpc) is 3.18. The first-order valence-corrected chi connectivity index (χ1v) is 7.34. The summed E-state index contributed by atoms with van der Waals surface area (Å²) >= 11 is 0. The van der Waals surface area contributed by atoms with E-state index in [0.29, 0.717) is 17.5 Å². The zero-order chi connectivity index (χ0) is 16.0. The first kappa shape index (κ1) is 13.8. The number of carbonyl (C=O) groups is 1. The van der Waals surface area contributed by atoms with E-state index in [1.54, 1.807) is 30.4 Å². The molecule has 0 bridgehead atoms. The molecule has 114 valence electrons. The molecule has 2 aromatic rings. The number of hydrogen-bond acceptors (Lipinski definition) is 4. The maximum atomic E-state index is 12.5. The Morgan fingerprint density at radius 3 is 2.70 bits per heavy atom. The number of ether oxygens (including phenoxy) is 1. The Balaban J connectivity index is 1.58. The first-order valence-electron chi connectivity index (χ1n) is 7.34. The molecule has 0 radical (unpaired) electrons. The van der Waals surface area contributed by atoms with E-state index in [0.717, 1.165) is 5.56 Å². The summed E-state index contributed by atoms with van der Waals surface area (Å²) in [5.41, 5.74) is 1.46. The topological polar surface area (TPSA) is 72.7 Å². The fourth-order valence-electron chi connectivity index (χ4n) is 3.19. The van der Waals surface area contributed by atoms with Crippen LogP contribution in [0.5, 0.6) is 0 Å². The minimum Gasteiger partial charge on any atom is -0.352 e. The van der Waals surface area contributed by atoms with Crippen LogP contribution in [0, 0.1) is 10.1 Å². The number of nitro groups is 1. The van der Waals surface area contributed by atoms with E-state index in [-0.39, 0.29) is 17.6 Å². The maximum absolute atomic E-state index is 12.5. The summed E-state index contributed by atoms with van der Waals surface area (Å²) in [5, 5.41) is 11.0. The van der Waals surface area contributed by atoms with Crippen molar-refractivity contribution < 1.29 is 14.5 Å².